The van der Waals surface area contributed by atoms with Gasteiger partial charge in [-0.25, -0.2) is 4.98 Å². The molecule has 0 atom stereocenters. The molecule has 3 heteroatoms. The zero-order valence-electron chi connectivity index (χ0n) is 13.7. The molecular formula is C23H12ClNS. The molecule has 0 aliphatic rings. The van der Waals surface area contributed by atoms with Crippen LogP contribution < -0.4 is 0 Å². The first-order chi connectivity index (χ1) is 12.8. The lowest BCUT2D eigenvalue weighted by atomic mass is 9.97. The normalized spacial score (nSPS) is 12.0. The van der Waals surface area contributed by atoms with E-state index in [0.29, 0.717) is 5.15 Å². The Morgan fingerprint density at radius 3 is 2.04 bits per heavy atom. The van der Waals surface area contributed by atoms with Gasteiger partial charge in [-0.05, 0) is 11.5 Å². The van der Waals surface area contributed by atoms with Crippen molar-refractivity contribution in [2.75, 3.05) is 0 Å². The fourth-order valence-corrected chi connectivity index (χ4v) is 5.54. The summed E-state index contributed by atoms with van der Waals surface area (Å²) < 4.78 is 2.63. The zero-order valence-corrected chi connectivity index (χ0v) is 15.2. The second-order valence-corrected chi connectivity index (χ2v) is 7.93. The third-order valence-electron chi connectivity index (χ3n) is 5.14. The van der Waals surface area contributed by atoms with E-state index in [1.165, 1.54) is 36.3 Å². The van der Waals surface area contributed by atoms with Gasteiger partial charge in [-0.2, -0.15) is 0 Å². The average molecular weight is 370 g/mol. The summed E-state index contributed by atoms with van der Waals surface area (Å²) in [5.74, 6) is 0. The third-order valence-corrected chi connectivity index (χ3v) is 6.63. The number of pyridine rings is 1. The van der Waals surface area contributed by atoms with Crippen LogP contribution in [0.4, 0.5) is 0 Å². The maximum Gasteiger partial charge on any atom is 0.137 e. The van der Waals surface area contributed by atoms with E-state index in [1.807, 2.05) is 17.4 Å². The van der Waals surface area contributed by atoms with Crippen LogP contribution in [0, 0.1) is 0 Å². The number of halogens is 1. The monoisotopic (exact) mass is 369 g/mol. The average Bonchev–Trinajstić information content (AvgIpc) is 3.08. The molecule has 6 aromatic rings. The van der Waals surface area contributed by atoms with Crippen molar-refractivity contribution >= 4 is 75.6 Å². The van der Waals surface area contributed by atoms with Gasteiger partial charge in [-0.15, -0.1) is 11.3 Å². The maximum atomic E-state index is 6.57. The van der Waals surface area contributed by atoms with Gasteiger partial charge in [-0.3, -0.25) is 0 Å². The number of aromatic nitrogens is 1. The van der Waals surface area contributed by atoms with Gasteiger partial charge in [0, 0.05) is 41.7 Å². The van der Waals surface area contributed by atoms with Crippen LogP contribution >= 0.6 is 22.9 Å². The number of nitrogens with zero attached hydrogens (tertiary/aromatic N) is 1. The molecule has 0 spiro atoms. The van der Waals surface area contributed by atoms with Crippen LogP contribution in [0.2, 0.25) is 5.15 Å². The molecule has 0 saturated heterocycles. The van der Waals surface area contributed by atoms with Gasteiger partial charge in [-0.1, -0.05) is 78.3 Å². The summed E-state index contributed by atoms with van der Waals surface area (Å²) in [6.07, 6.45) is 0. The Morgan fingerprint density at radius 2 is 1.23 bits per heavy atom. The van der Waals surface area contributed by atoms with Crippen LogP contribution in [-0.4, -0.2) is 4.98 Å². The van der Waals surface area contributed by atoms with Crippen LogP contribution in [0.25, 0.3) is 52.6 Å². The van der Waals surface area contributed by atoms with Gasteiger partial charge in [0.05, 0.1) is 5.52 Å². The summed E-state index contributed by atoms with van der Waals surface area (Å²) in [5, 5.41) is 8.94. The molecule has 2 aromatic heterocycles. The number of hydrogen-bond acceptors (Lipinski definition) is 2. The predicted octanol–water partition coefficient (Wildman–Crippen LogP) is 7.56. The minimum absolute atomic E-state index is 0.567. The van der Waals surface area contributed by atoms with Crippen molar-refractivity contribution in [3.8, 4) is 0 Å². The highest BCUT2D eigenvalue weighted by molar-refractivity contribution is 7.27. The molecule has 4 aromatic carbocycles. The minimum Gasteiger partial charge on any atom is -0.235 e. The Labute approximate surface area is 158 Å². The number of thiophene rings is 1. The first-order valence-corrected chi connectivity index (χ1v) is 9.72. The molecule has 6 rings (SSSR count). The van der Waals surface area contributed by atoms with Crippen molar-refractivity contribution in [2.24, 2.45) is 0 Å². The van der Waals surface area contributed by atoms with E-state index in [4.69, 9.17) is 16.6 Å². The lowest BCUT2D eigenvalue weighted by Gasteiger charge is -2.11. The molecular weight excluding hydrogens is 358 g/mol. The van der Waals surface area contributed by atoms with E-state index < -0.39 is 0 Å². The van der Waals surface area contributed by atoms with Crippen molar-refractivity contribution in [1.82, 2.24) is 4.98 Å². The van der Waals surface area contributed by atoms with Gasteiger partial charge in [0.15, 0.2) is 0 Å². The van der Waals surface area contributed by atoms with Gasteiger partial charge in [0.2, 0.25) is 0 Å². The van der Waals surface area contributed by atoms with Crippen molar-refractivity contribution < 1.29 is 0 Å². The van der Waals surface area contributed by atoms with Crippen LogP contribution in [0.5, 0.6) is 0 Å². The summed E-state index contributed by atoms with van der Waals surface area (Å²) in [6.45, 7) is 0. The highest BCUT2D eigenvalue weighted by Gasteiger charge is 2.17. The Bertz CT molecular complexity index is 1500. The molecule has 0 radical (unpaired) electrons. The standard InChI is InChI=1S/C23H12ClNS/c24-23-16-10-4-1-7-13(16)19-20-17-11-5-6-12-18(17)26-22(20)15-9-3-2-8-14(15)21(19)25-23/h1-12H. The van der Waals surface area contributed by atoms with E-state index >= 15 is 0 Å². The Kier molecular flexibility index (Phi) is 2.88. The van der Waals surface area contributed by atoms with Crippen molar-refractivity contribution in [2.45, 2.75) is 0 Å². The fraction of sp³-hybridized carbons (Fsp3) is 0. The van der Waals surface area contributed by atoms with E-state index in [9.17, 15) is 0 Å². The molecule has 0 fully saturated rings. The summed E-state index contributed by atoms with van der Waals surface area (Å²) in [7, 11) is 0. The van der Waals surface area contributed by atoms with Crippen LogP contribution in [0.3, 0.4) is 0 Å². The lowest BCUT2D eigenvalue weighted by Crippen LogP contribution is -1.88. The molecule has 1 nitrogen and oxygen atoms in total. The van der Waals surface area contributed by atoms with E-state index in [-0.39, 0.29) is 0 Å². The summed E-state index contributed by atoms with van der Waals surface area (Å²) in [6, 6.07) is 25.5. The van der Waals surface area contributed by atoms with Crippen LogP contribution in [0.1, 0.15) is 0 Å². The van der Waals surface area contributed by atoms with Crippen molar-refractivity contribution in [3.05, 3.63) is 77.9 Å². The van der Waals surface area contributed by atoms with Gasteiger partial charge in [0.25, 0.3) is 0 Å². The van der Waals surface area contributed by atoms with Gasteiger partial charge in [0.1, 0.15) is 5.15 Å². The second kappa shape index (κ2) is 5.16. The first-order valence-electron chi connectivity index (χ1n) is 8.53. The molecule has 0 bridgehead atoms. The topological polar surface area (TPSA) is 12.9 Å². The molecule has 0 aliphatic carbocycles. The number of hydrogen-bond donors (Lipinski definition) is 0. The molecule has 0 N–H and O–H groups in total. The Morgan fingerprint density at radius 1 is 0.615 bits per heavy atom. The summed E-state index contributed by atoms with van der Waals surface area (Å²) >= 11 is 8.43. The Balaban J connectivity index is 2.10. The highest BCUT2D eigenvalue weighted by atomic mass is 35.5. The predicted molar refractivity (Wildman–Crippen MR) is 115 cm³/mol. The third kappa shape index (κ3) is 1.78. The van der Waals surface area contributed by atoms with E-state index in [0.717, 1.165) is 16.3 Å². The molecule has 26 heavy (non-hydrogen) atoms. The molecule has 0 amide bonds. The van der Waals surface area contributed by atoms with Gasteiger partial charge < -0.3 is 0 Å². The maximum absolute atomic E-state index is 6.57. The Hall–Kier alpha value is -2.68. The molecule has 2 heterocycles. The van der Waals surface area contributed by atoms with Crippen molar-refractivity contribution in [1.29, 1.82) is 0 Å². The molecule has 122 valence electrons. The first kappa shape index (κ1) is 14.5. The summed E-state index contributed by atoms with van der Waals surface area (Å²) in [4.78, 5) is 4.84. The summed E-state index contributed by atoms with van der Waals surface area (Å²) in [5.41, 5.74) is 0.986. The highest BCUT2D eigenvalue weighted by Crippen LogP contribution is 2.45. The molecule has 0 saturated carbocycles. The minimum atomic E-state index is 0.567. The molecule has 0 aliphatic heterocycles. The zero-order chi connectivity index (χ0) is 17.3. The number of fused-ring (bicyclic) bond motifs is 10. The van der Waals surface area contributed by atoms with Crippen LogP contribution in [0.15, 0.2) is 72.8 Å². The van der Waals surface area contributed by atoms with Crippen molar-refractivity contribution in [3.63, 3.8) is 0 Å². The van der Waals surface area contributed by atoms with E-state index in [2.05, 4.69) is 66.7 Å². The van der Waals surface area contributed by atoms with Crippen LogP contribution in [-0.2, 0) is 0 Å². The molecule has 0 unspecified atom stereocenters. The quantitative estimate of drug-likeness (QED) is 0.199. The second-order valence-electron chi connectivity index (χ2n) is 6.52. The number of rotatable bonds is 0. The number of benzene rings is 4. The smallest absolute Gasteiger partial charge is 0.137 e. The fourth-order valence-electron chi connectivity index (χ4n) is 4.04. The van der Waals surface area contributed by atoms with Gasteiger partial charge >= 0.3 is 0 Å². The lowest BCUT2D eigenvalue weighted by molar-refractivity contribution is 1.46. The SMILES string of the molecule is Clc1nc2c3ccccc3c3sc4ccccc4c3c2c2ccccc12. The van der Waals surface area contributed by atoms with E-state index in [1.54, 1.807) is 0 Å². The largest absolute Gasteiger partial charge is 0.235 e.